The standard InChI is InChI=1S/C12H11ClN2O2/c1-7-11(12(16)17)14-8(2)15(7)10-6-4-3-5-9(10)13/h3-6H,1-2H3,(H,16,17). The van der Waals surface area contributed by atoms with Gasteiger partial charge in [-0.3, -0.25) is 4.57 Å². The molecule has 0 saturated carbocycles. The van der Waals surface area contributed by atoms with E-state index in [1.54, 1.807) is 24.5 Å². The van der Waals surface area contributed by atoms with Gasteiger partial charge in [0.2, 0.25) is 0 Å². The van der Waals surface area contributed by atoms with E-state index in [-0.39, 0.29) is 5.69 Å². The monoisotopic (exact) mass is 250 g/mol. The summed E-state index contributed by atoms with van der Waals surface area (Å²) in [5, 5.41) is 9.57. The molecule has 1 N–H and O–H groups in total. The third-order valence-electron chi connectivity index (χ3n) is 2.57. The molecule has 0 aliphatic carbocycles. The minimum absolute atomic E-state index is 0.0578. The fraction of sp³-hybridized carbons (Fsp3) is 0.167. The smallest absolute Gasteiger partial charge is 0.356 e. The molecule has 1 heterocycles. The number of aromatic nitrogens is 2. The van der Waals surface area contributed by atoms with Gasteiger partial charge >= 0.3 is 5.97 Å². The second-order valence-electron chi connectivity index (χ2n) is 3.69. The van der Waals surface area contributed by atoms with Gasteiger partial charge < -0.3 is 5.11 Å². The molecule has 0 fully saturated rings. The molecule has 1 aromatic heterocycles. The minimum atomic E-state index is -1.03. The van der Waals surface area contributed by atoms with Crippen LogP contribution in [0, 0.1) is 13.8 Å². The maximum absolute atomic E-state index is 11.0. The van der Waals surface area contributed by atoms with Crippen LogP contribution >= 0.6 is 11.6 Å². The maximum Gasteiger partial charge on any atom is 0.356 e. The summed E-state index contributed by atoms with van der Waals surface area (Å²) < 4.78 is 1.74. The summed E-state index contributed by atoms with van der Waals surface area (Å²) in [4.78, 5) is 15.0. The normalized spacial score (nSPS) is 10.5. The van der Waals surface area contributed by atoms with Gasteiger partial charge in [-0.1, -0.05) is 23.7 Å². The number of aryl methyl sites for hydroxylation is 1. The highest BCUT2D eigenvalue weighted by Gasteiger charge is 2.18. The molecule has 0 aliphatic heterocycles. The predicted octanol–water partition coefficient (Wildman–Crippen LogP) is 2.84. The fourth-order valence-electron chi connectivity index (χ4n) is 1.83. The van der Waals surface area contributed by atoms with Gasteiger partial charge in [0.15, 0.2) is 5.69 Å². The van der Waals surface area contributed by atoms with Crippen molar-refractivity contribution in [2.75, 3.05) is 0 Å². The molecule has 0 radical (unpaired) electrons. The third kappa shape index (κ3) is 1.91. The highest BCUT2D eigenvalue weighted by Crippen LogP contribution is 2.24. The van der Waals surface area contributed by atoms with Crippen LogP contribution in [0.2, 0.25) is 5.02 Å². The first-order valence-electron chi connectivity index (χ1n) is 5.06. The van der Waals surface area contributed by atoms with Crippen LogP contribution in [0.3, 0.4) is 0 Å². The van der Waals surface area contributed by atoms with Crippen LogP contribution in [0.1, 0.15) is 22.0 Å². The average Bonchev–Trinajstić information content (AvgIpc) is 2.56. The Kier molecular flexibility index (Phi) is 2.90. The van der Waals surface area contributed by atoms with E-state index in [1.165, 1.54) is 0 Å². The molecule has 2 aromatic rings. The second-order valence-corrected chi connectivity index (χ2v) is 4.09. The highest BCUT2D eigenvalue weighted by atomic mass is 35.5. The molecular weight excluding hydrogens is 240 g/mol. The molecule has 0 atom stereocenters. The quantitative estimate of drug-likeness (QED) is 0.892. The Hall–Kier alpha value is -1.81. The van der Waals surface area contributed by atoms with E-state index in [0.29, 0.717) is 16.5 Å². The average molecular weight is 251 g/mol. The number of carbonyl (C=O) groups is 1. The molecule has 2 rings (SSSR count). The number of rotatable bonds is 2. The molecule has 0 amide bonds. The summed E-state index contributed by atoms with van der Waals surface area (Å²) in [6.07, 6.45) is 0. The molecule has 17 heavy (non-hydrogen) atoms. The van der Waals surface area contributed by atoms with Crippen LogP contribution in [0.5, 0.6) is 0 Å². The summed E-state index contributed by atoms with van der Waals surface area (Å²) in [7, 11) is 0. The van der Waals surface area contributed by atoms with Crippen molar-refractivity contribution in [3.63, 3.8) is 0 Å². The van der Waals surface area contributed by atoms with E-state index in [1.807, 2.05) is 18.2 Å². The molecule has 4 nitrogen and oxygen atoms in total. The van der Waals surface area contributed by atoms with E-state index >= 15 is 0 Å². The molecule has 88 valence electrons. The van der Waals surface area contributed by atoms with Crippen LogP contribution in [0.25, 0.3) is 5.69 Å². The molecule has 1 aromatic carbocycles. The first-order valence-corrected chi connectivity index (χ1v) is 5.44. The molecule has 0 saturated heterocycles. The van der Waals surface area contributed by atoms with Crippen LogP contribution in [0.4, 0.5) is 0 Å². The maximum atomic E-state index is 11.0. The van der Waals surface area contributed by atoms with Crippen molar-refractivity contribution in [1.29, 1.82) is 0 Å². The lowest BCUT2D eigenvalue weighted by molar-refractivity contribution is 0.0690. The van der Waals surface area contributed by atoms with Gasteiger partial charge in [0, 0.05) is 0 Å². The number of halogens is 1. The van der Waals surface area contributed by atoms with E-state index in [2.05, 4.69) is 4.98 Å². The zero-order chi connectivity index (χ0) is 12.6. The predicted molar refractivity (Wildman–Crippen MR) is 65.0 cm³/mol. The molecule has 5 heteroatoms. The number of benzene rings is 1. The topological polar surface area (TPSA) is 55.1 Å². The Bertz CT molecular complexity index is 590. The van der Waals surface area contributed by atoms with Gasteiger partial charge in [0.25, 0.3) is 0 Å². The Morgan fingerprint density at radius 1 is 1.35 bits per heavy atom. The van der Waals surface area contributed by atoms with E-state index in [4.69, 9.17) is 16.7 Å². The van der Waals surface area contributed by atoms with Gasteiger partial charge in [0.05, 0.1) is 16.4 Å². The van der Waals surface area contributed by atoms with E-state index in [0.717, 1.165) is 5.69 Å². The first-order chi connectivity index (χ1) is 8.02. The van der Waals surface area contributed by atoms with Crippen LogP contribution in [-0.2, 0) is 0 Å². The van der Waals surface area contributed by atoms with Crippen LogP contribution < -0.4 is 0 Å². The Labute approximate surface area is 103 Å². The summed E-state index contributed by atoms with van der Waals surface area (Å²) in [6, 6.07) is 7.26. The number of para-hydroxylation sites is 1. The second kappa shape index (κ2) is 4.22. The summed E-state index contributed by atoms with van der Waals surface area (Å²) in [6.45, 7) is 3.47. The lowest BCUT2D eigenvalue weighted by Crippen LogP contribution is -2.03. The SMILES string of the molecule is Cc1nc(C(=O)O)c(C)n1-c1ccccc1Cl. The minimum Gasteiger partial charge on any atom is -0.476 e. The van der Waals surface area contributed by atoms with Crippen LogP contribution in [-0.4, -0.2) is 20.6 Å². The Morgan fingerprint density at radius 3 is 2.53 bits per heavy atom. The van der Waals surface area contributed by atoms with Crippen molar-refractivity contribution in [2.24, 2.45) is 0 Å². The summed E-state index contributed by atoms with van der Waals surface area (Å²) in [5.74, 6) is -0.426. The summed E-state index contributed by atoms with van der Waals surface area (Å²) in [5.41, 5.74) is 1.37. The zero-order valence-corrected chi connectivity index (χ0v) is 10.2. The van der Waals surface area contributed by atoms with Crippen molar-refractivity contribution in [1.82, 2.24) is 9.55 Å². The fourth-order valence-corrected chi connectivity index (χ4v) is 2.05. The molecule has 0 spiro atoms. The van der Waals surface area contributed by atoms with Crippen LogP contribution in [0.15, 0.2) is 24.3 Å². The van der Waals surface area contributed by atoms with Gasteiger partial charge in [-0.05, 0) is 26.0 Å². The van der Waals surface area contributed by atoms with Crippen molar-refractivity contribution in [3.05, 3.63) is 46.5 Å². The number of hydrogen-bond acceptors (Lipinski definition) is 2. The number of carboxylic acid groups (broad SMARTS) is 1. The number of imidazole rings is 1. The number of aromatic carboxylic acids is 1. The molecule has 0 aliphatic rings. The molecule has 0 bridgehead atoms. The van der Waals surface area contributed by atoms with E-state index < -0.39 is 5.97 Å². The molecule has 0 unspecified atom stereocenters. The third-order valence-corrected chi connectivity index (χ3v) is 2.89. The van der Waals surface area contributed by atoms with Crippen molar-refractivity contribution in [2.45, 2.75) is 13.8 Å². The Balaban J connectivity index is 2.69. The Morgan fingerprint density at radius 2 is 2.00 bits per heavy atom. The largest absolute Gasteiger partial charge is 0.476 e. The first kappa shape index (κ1) is 11.7. The van der Waals surface area contributed by atoms with Crippen molar-refractivity contribution < 1.29 is 9.90 Å². The number of carboxylic acids is 1. The van der Waals surface area contributed by atoms with Gasteiger partial charge in [-0.2, -0.15) is 0 Å². The van der Waals surface area contributed by atoms with Crippen molar-refractivity contribution in [3.8, 4) is 5.69 Å². The highest BCUT2D eigenvalue weighted by molar-refractivity contribution is 6.32. The van der Waals surface area contributed by atoms with Crippen molar-refractivity contribution >= 4 is 17.6 Å². The zero-order valence-electron chi connectivity index (χ0n) is 9.44. The van der Waals surface area contributed by atoms with E-state index in [9.17, 15) is 4.79 Å². The van der Waals surface area contributed by atoms with Gasteiger partial charge in [0.1, 0.15) is 5.82 Å². The summed E-state index contributed by atoms with van der Waals surface area (Å²) >= 11 is 6.10. The lowest BCUT2D eigenvalue weighted by Gasteiger charge is -2.09. The number of nitrogens with zero attached hydrogens (tertiary/aromatic N) is 2. The number of hydrogen-bond donors (Lipinski definition) is 1. The van der Waals surface area contributed by atoms with Gasteiger partial charge in [-0.25, -0.2) is 9.78 Å². The molecular formula is C12H11ClN2O2. The lowest BCUT2D eigenvalue weighted by atomic mass is 10.3. The van der Waals surface area contributed by atoms with Gasteiger partial charge in [-0.15, -0.1) is 0 Å².